The fraction of sp³-hybridized carbons (Fsp3) is 0.300. The van der Waals surface area contributed by atoms with Gasteiger partial charge in [0.05, 0.1) is 6.20 Å². The van der Waals surface area contributed by atoms with Crippen LogP contribution in [0.4, 0.5) is 0 Å². The van der Waals surface area contributed by atoms with E-state index in [9.17, 15) is 8.42 Å². The molecule has 5 rings (SSSR count). The van der Waals surface area contributed by atoms with Crippen molar-refractivity contribution in [3.8, 4) is 11.6 Å². The molecule has 3 aromatic heterocycles. The average molecular weight is 424 g/mol. The van der Waals surface area contributed by atoms with Crippen LogP contribution in [-0.4, -0.2) is 44.2 Å². The van der Waals surface area contributed by atoms with Gasteiger partial charge in [0.15, 0.2) is 0 Å². The molecule has 0 spiro atoms. The molecule has 1 saturated heterocycles. The van der Waals surface area contributed by atoms with Crippen LogP contribution >= 0.6 is 0 Å². The molecule has 4 aromatic rings. The molecule has 0 saturated carbocycles. The standard InChI is InChI=1S/C20H20N6O3S/c1-2-25-13-15(12-22-25)30(27,28)26-11-5-8-17(26)19-23-24-20(29-19)18-16-7-4-3-6-14(16)9-10-21-18/h3-4,6-7,9-10,12-13,17H,2,5,8,11H2,1H3. The molecule has 10 heteroatoms. The van der Waals surface area contributed by atoms with E-state index in [0.29, 0.717) is 25.2 Å². The fourth-order valence-corrected chi connectivity index (χ4v) is 5.42. The Morgan fingerprint density at radius 3 is 2.90 bits per heavy atom. The molecule has 1 unspecified atom stereocenters. The number of hydrogen-bond donors (Lipinski definition) is 0. The number of aryl methyl sites for hydroxylation is 1. The number of nitrogens with zero attached hydrogens (tertiary/aromatic N) is 6. The first kappa shape index (κ1) is 18.9. The van der Waals surface area contributed by atoms with E-state index < -0.39 is 16.1 Å². The first-order chi connectivity index (χ1) is 14.6. The summed E-state index contributed by atoms with van der Waals surface area (Å²) in [7, 11) is -3.71. The Bertz CT molecular complexity index is 1310. The molecule has 1 atom stereocenters. The van der Waals surface area contributed by atoms with Crippen molar-refractivity contribution in [3.63, 3.8) is 0 Å². The number of sulfonamides is 1. The Labute approximate surface area is 173 Å². The van der Waals surface area contributed by atoms with E-state index in [1.165, 1.54) is 10.5 Å². The lowest BCUT2D eigenvalue weighted by Crippen LogP contribution is -2.30. The highest BCUT2D eigenvalue weighted by atomic mass is 32.2. The minimum Gasteiger partial charge on any atom is -0.417 e. The van der Waals surface area contributed by atoms with Gasteiger partial charge in [0.25, 0.3) is 5.89 Å². The Kier molecular flexibility index (Phi) is 4.59. The van der Waals surface area contributed by atoms with Crippen LogP contribution in [0.5, 0.6) is 0 Å². The zero-order valence-electron chi connectivity index (χ0n) is 16.3. The lowest BCUT2D eigenvalue weighted by atomic mass is 10.1. The maximum atomic E-state index is 13.2. The normalized spacial score (nSPS) is 17.7. The van der Waals surface area contributed by atoms with Crippen molar-refractivity contribution in [3.05, 3.63) is 54.8 Å². The van der Waals surface area contributed by atoms with Gasteiger partial charge in [-0.2, -0.15) is 9.40 Å². The van der Waals surface area contributed by atoms with E-state index in [-0.39, 0.29) is 16.7 Å². The van der Waals surface area contributed by atoms with E-state index in [1.54, 1.807) is 17.1 Å². The molecule has 1 fully saturated rings. The molecule has 0 amide bonds. The molecule has 4 heterocycles. The number of benzene rings is 1. The van der Waals surface area contributed by atoms with Crippen LogP contribution in [0.15, 0.2) is 58.2 Å². The van der Waals surface area contributed by atoms with Crippen LogP contribution in [0.2, 0.25) is 0 Å². The number of rotatable bonds is 5. The number of aromatic nitrogens is 5. The summed E-state index contributed by atoms with van der Waals surface area (Å²) in [6.07, 6.45) is 5.96. The largest absolute Gasteiger partial charge is 0.417 e. The van der Waals surface area contributed by atoms with E-state index in [0.717, 1.165) is 17.2 Å². The van der Waals surface area contributed by atoms with E-state index in [4.69, 9.17) is 4.42 Å². The van der Waals surface area contributed by atoms with Crippen LogP contribution in [0.3, 0.4) is 0 Å². The topological polar surface area (TPSA) is 107 Å². The summed E-state index contributed by atoms with van der Waals surface area (Å²) in [4.78, 5) is 4.58. The molecule has 1 aliphatic rings. The van der Waals surface area contributed by atoms with Crippen molar-refractivity contribution in [2.75, 3.05) is 6.54 Å². The van der Waals surface area contributed by atoms with E-state index in [1.807, 2.05) is 37.3 Å². The first-order valence-corrected chi connectivity index (χ1v) is 11.2. The molecule has 9 nitrogen and oxygen atoms in total. The first-order valence-electron chi connectivity index (χ1n) is 9.80. The summed E-state index contributed by atoms with van der Waals surface area (Å²) >= 11 is 0. The van der Waals surface area contributed by atoms with Crippen LogP contribution < -0.4 is 0 Å². The summed E-state index contributed by atoms with van der Waals surface area (Å²) in [5.74, 6) is 0.563. The molecule has 0 bridgehead atoms. The van der Waals surface area contributed by atoms with Gasteiger partial charge in [-0.3, -0.25) is 9.67 Å². The Morgan fingerprint density at radius 1 is 1.20 bits per heavy atom. The smallest absolute Gasteiger partial charge is 0.266 e. The lowest BCUT2D eigenvalue weighted by Gasteiger charge is -2.20. The predicted molar refractivity (Wildman–Crippen MR) is 109 cm³/mol. The Hall–Kier alpha value is -3.11. The van der Waals surface area contributed by atoms with Crippen LogP contribution in [0, 0.1) is 0 Å². The second-order valence-electron chi connectivity index (χ2n) is 7.13. The zero-order chi connectivity index (χ0) is 20.7. The molecular formula is C20H20N6O3S. The molecule has 0 radical (unpaired) electrons. The van der Waals surface area contributed by atoms with Gasteiger partial charge in [0, 0.05) is 30.9 Å². The third kappa shape index (κ3) is 3.08. The second kappa shape index (κ2) is 7.29. The van der Waals surface area contributed by atoms with Gasteiger partial charge in [-0.05, 0) is 31.2 Å². The summed E-state index contributed by atoms with van der Waals surface area (Å²) in [5.41, 5.74) is 0.587. The third-order valence-electron chi connectivity index (χ3n) is 5.35. The summed E-state index contributed by atoms with van der Waals surface area (Å²) in [6, 6.07) is 9.22. The highest BCUT2D eigenvalue weighted by molar-refractivity contribution is 7.89. The van der Waals surface area contributed by atoms with E-state index >= 15 is 0 Å². The van der Waals surface area contributed by atoms with Crippen molar-refractivity contribution < 1.29 is 12.8 Å². The minimum atomic E-state index is -3.71. The summed E-state index contributed by atoms with van der Waals surface area (Å²) in [6.45, 7) is 2.90. The SMILES string of the molecule is CCn1cc(S(=O)(=O)N2CCCC2c2nnc(-c3nccc4ccccc34)o2)cn1. The van der Waals surface area contributed by atoms with Crippen molar-refractivity contribution in [2.45, 2.75) is 37.2 Å². The molecule has 0 N–H and O–H groups in total. The summed E-state index contributed by atoms with van der Waals surface area (Å²) in [5, 5.41) is 14.4. The Balaban J connectivity index is 1.49. The van der Waals surface area contributed by atoms with Crippen LogP contribution in [0.25, 0.3) is 22.4 Å². The average Bonchev–Trinajstić information content (AvgIpc) is 3.53. The minimum absolute atomic E-state index is 0.173. The number of fused-ring (bicyclic) bond motifs is 1. The van der Waals surface area contributed by atoms with Gasteiger partial charge in [-0.1, -0.05) is 24.3 Å². The van der Waals surface area contributed by atoms with Gasteiger partial charge in [-0.15, -0.1) is 10.2 Å². The molecule has 1 aliphatic heterocycles. The highest BCUT2D eigenvalue weighted by Crippen LogP contribution is 2.37. The van der Waals surface area contributed by atoms with Crippen molar-refractivity contribution in [1.82, 2.24) is 29.3 Å². The maximum absolute atomic E-state index is 13.2. The lowest BCUT2D eigenvalue weighted by molar-refractivity contribution is 0.332. The Morgan fingerprint density at radius 2 is 2.07 bits per heavy atom. The highest BCUT2D eigenvalue weighted by Gasteiger charge is 2.40. The van der Waals surface area contributed by atoms with Gasteiger partial charge in [-0.25, -0.2) is 8.42 Å². The van der Waals surface area contributed by atoms with Crippen molar-refractivity contribution >= 4 is 20.8 Å². The molecular weight excluding hydrogens is 404 g/mol. The fourth-order valence-electron chi connectivity index (χ4n) is 3.82. The summed E-state index contributed by atoms with van der Waals surface area (Å²) < 4.78 is 35.3. The van der Waals surface area contributed by atoms with Crippen molar-refractivity contribution in [1.29, 1.82) is 0 Å². The number of pyridine rings is 1. The second-order valence-corrected chi connectivity index (χ2v) is 9.02. The molecule has 154 valence electrons. The van der Waals surface area contributed by atoms with Crippen LogP contribution in [0.1, 0.15) is 31.7 Å². The van der Waals surface area contributed by atoms with Crippen molar-refractivity contribution in [2.24, 2.45) is 0 Å². The quantitative estimate of drug-likeness (QED) is 0.485. The monoisotopic (exact) mass is 424 g/mol. The number of hydrogen-bond acceptors (Lipinski definition) is 7. The maximum Gasteiger partial charge on any atom is 0.266 e. The predicted octanol–water partition coefficient (Wildman–Crippen LogP) is 3.03. The van der Waals surface area contributed by atoms with E-state index in [2.05, 4.69) is 20.3 Å². The van der Waals surface area contributed by atoms with Gasteiger partial charge in [0.1, 0.15) is 16.6 Å². The zero-order valence-corrected chi connectivity index (χ0v) is 17.2. The third-order valence-corrected chi connectivity index (χ3v) is 7.21. The molecule has 1 aromatic carbocycles. The van der Waals surface area contributed by atoms with Gasteiger partial charge >= 0.3 is 0 Å². The van der Waals surface area contributed by atoms with Crippen LogP contribution in [-0.2, 0) is 16.6 Å². The van der Waals surface area contributed by atoms with Gasteiger partial charge < -0.3 is 4.42 Å². The van der Waals surface area contributed by atoms with Gasteiger partial charge in [0.2, 0.25) is 15.9 Å². The molecule has 0 aliphatic carbocycles. The molecule has 30 heavy (non-hydrogen) atoms.